The normalized spacial score (nSPS) is 11.8. The average Bonchev–Trinajstić information content (AvgIpc) is 3.23. The molecule has 2 nitrogen and oxygen atoms in total. The average molecular weight is 334 g/mol. The van der Waals surface area contributed by atoms with Crippen LogP contribution < -0.4 is 0 Å². The van der Waals surface area contributed by atoms with Gasteiger partial charge in [-0.25, -0.2) is 0 Å². The molecule has 0 spiro atoms. The van der Waals surface area contributed by atoms with Crippen LogP contribution in [-0.4, -0.2) is 9.55 Å². The Morgan fingerprint density at radius 2 is 1.38 bits per heavy atom. The molecule has 26 heavy (non-hydrogen) atoms. The Morgan fingerprint density at radius 3 is 2.27 bits per heavy atom. The minimum atomic E-state index is 0. The molecule has 0 aliphatic heterocycles. The first-order chi connectivity index (χ1) is 12.9. The predicted molar refractivity (Wildman–Crippen MR) is 112 cm³/mol. The highest BCUT2D eigenvalue weighted by Crippen LogP contribution is 2.39. The zero-order valence-electron chi connectivity index (χ0n) is 14.1. The first-order valence-electron chi connectivity index (χ1n) is 8.90. The van der Waals surface area contributed by atoms with Crippen LogP contribution in [0.25, 0.3) is 49.3 Å². The van der Waals surface area contributed by atoms with Crippen molar-refractivity contribution in [2.45, 2.75) is 0 Å². The van der Waals surface area contributed by atoms with Crippen molar-refractivity contribution in [3.8, 4) is 5.69 Å². The third-order valence-electron chi connectivity index (χ3n) is 5.31. The number of aromatic amines is 1. The fraction of sp³-hybridized carbons (Fsp3) is 0. The first-order valence-corrected chi connectivity index (χ1v) is 8.90. The van der Waals surface area contributed by atoms with Crippen LogP contribution in [0.2, 0.25) is 0 Å². The molecule has 2 heterocycles. The maximum absolute atomic E-state index is 3.68. The molecule has 0 saturated carbocycles. The van der Waals surface area contributed by atoms with E-state index in [0.29, 0.717) is 0 Å². The second-order valence-corrected chi connectivity index (χ2v) is 6.75. The largest absolute Gasteiger partial charge is 0.353 e. The minimum absolute atomic E-state index is 0. The van der Waals surface area contributed by atoms with Crippen LogP contribution >= 0.6 is 0 Å². The van der Waals surface area contributed by atoms with Crippen LogP contribution in [0.1, 0.15) is 1.43 Å². The summed E-state index contributed by atoms with van der Waals surface area (Å²) in [6.45, 7) is 0. The van der Waals surface area contributed by atoms with Gasteiger partial charge < -0.3 is 9.55 Å². The van der Waals surface area contributed by atoms with Gasteiger partial charge in [-0.2, -0.15) is 0 Å². The van der Waals surface area contributed by atoms with Crippen molar-refractivity contribution < 1.29 is 1.43 Å². The van der Waals surface area contributed by atoms with E-state index >= 15 is 0 Å². The molecule has 6 aromatic rings. The van der Waals surface area contributed by atoms with Gasteiger partial charge in [0.05, 0.1) is 16.6 Å². The SMILES string of the molecule is [HH].c1ccc(-n2c3ccc4ccccc4c3c3[nH]c4ccccc4c32)cc1. The molecule has 1 N–H and O–H groups in total. The molecule has 2 aromatic heterocycles. The number of nitrogens with one attached hydrogen (secondary N) is 1. The van der Waals surface area contributed by atoms with Crippen LogP contribution in [0.5, 0.6) is 0 Å². The number of benzene rings is 4. The van der Waals surface area contributed by atoms with Crippen molar-refractivity contribution in [2.24, 2.45) is 0 Å². The van der Waals surface area contributed by atoms with Gasteiger partial charge in [-0.15, -0.1) is 0 Å². The molecule has 2 heteroatoms. The third kappa shape index (κ3) is 1.71. The van der Waals surface area contributed by atoms with Crippen molar-refractivity contribution >= 4 is 43.6 Å². The number of nitrogens with zero attached hydrogens (tertiary/aromatic N) is 1. The molecular formula is C24H18N2. The lowest BCUT2D eigenvalue weighted by atomic mass is 10.1. The van der Waals surface area contributed by atoms with E-state index in [1.165, 1.54) is 49.3 Å². The Bertz CT molecular complexity index is 1420. The molecule has 0 aliphatic carbocycles. The second-order valence-electron chi connectivity index (χ2n) is 6.75. The number of aromatic nitrogens is 2. The van der Waals surface area contributed by atoms with E-state index in [1.807, 2.05) is 0 Å². The van der Waals surface area contributed by atoms with Crippen molar-refractivity contribution in [2.75, 3.05) is 0 Å². The summed E-state index contributed by atoms with van der Waals surface area (Å²) in [5, 5.41) is 5.10. The van der Waals surface area contributed by atoms with Gasteiger partial charge in [0.2, 0.25) is 0 Å². The standard InChI is InChI=1S/C24H16N2.H2/c1-2-9-17(10-3-1)26-21-15-14-16-8-4-5-11-18(16)22(21)23-24(26)19-12-6-7-13-20(19)25-23;/h1-15,25H;1H. The molecule has 0 radical (unpaired) electrons. The predicted octanol–water partition coefficient (Wildman–Crippen LogP) is 6.66. The van der Waals surface area contributed by atoms with Gasteiger partial charge in [0.25, 0.3) is 0 Å². The summed E-state index contributed by atoms with van der Waals surface area (Å²) in [7, 11) is 0. The Kier molecular flexibility index (Phi) is 2.64. The summed E-state index contributed by atoms with van der Waals surface area (Å²) >= 11 is 0. The summed E-state index contributed by atoms with van der Waals surface area (Å²) in [4.78, 5) is 3.68. The Morgan fingerprint density at radius 1 is 0.654 bits per heavy atom. The summed E-state index contributed by atoms with van der Waals surface area (Å²) in [5.41, 5.74) is 6.06. The lowest BCUT2D eigenvalue weighted by Gasteiger charge is -2.08. The lowest BCUT2D eigenvalue weighted by molar-refractivity contribution is 1.19. The van der Waals surface area contributed by atoms with Crippen LogP contribution in [0.15, 0.2) is 91.0 Å². The molecule has 6 rings (SSSR count). The molecular weight excluding hydrogens is 316 g/mol. The van der Waals surface area contributed by atoms with Crippen LogP contribution in [0.3, 0.4) is 0 Å². The smallest absolute Gasteiger partial charge is 0.0798 e. The third-order valence-corrected chi connectivity index (χ3v) is 5.31. The zero-order valence-corrected chi connectivity index (χ0v) is 14.1. The van der Waals surface area contributed by atoms with Gasteiger partial charge in [0.15, 0.2) is 0 Å². The second kappa shape index (κ2) is 4.99. The highest BCUT2D eigenvalue weighted by atomic mass is 15.0. The van der Waals surface area contributed by atoms with Gasteiger partial charge in [0.1, 0.15) is 0 Å². The van der Waals surface area contributed by atoms with Crippen molar-refractivity contribution in [3.63, 3.8) is 0 Å². The number of hydrogen-bond donors (Lipinski definition) is 1. The monoisotopic (exact) mass is 334 g/mol. The highest BCUT2D eigenvalue weighted by molar-refractivity contribution is 6.25. The van der Waals surface area contributed by atoms with Crippen molar-refractivity contribution in [1.29, 1.82) is 0 Å². The molecule has 124 valence electrons. The van der Waals surface area contributed by atoms with E-state index in [-0.39, 0.29) is 1.43 Å². The Balaban J connectivity index is 0.00000160. The quantitative estimate of drug-likeness (QED) is 0.347. The maximum Gasteiger partial charge on any atom is 0.0798 e. The summed E-state index contributed by atoms with van der Waals surface area (Å²) in [6.07, 6.45) is 0. The van der Waals surface area contributed by atoms with Crippen LogP contribution in [0.4, 0.5) is 0 Å². The fourth-order valence-electron chi connectivity index (χ4n) is 4.22. The molecule has 0 amide bonds. The zero-order chi connectivity index (χ0) is 17.1. The van der Waals surface area contributed by atoms with E-state index in [0.717, 1.165) is 0 Å². The van der Waals surface area contributed by atoms with E-state index in [2.05, 4.69) is 101 Å². The topological polar surface area (TPSA) is 20.7 Å². The molecule has 0 aliphatic rings. The highest BCUT2D eigenvalue weighted by Gasteiger charge is 2.18. The number of fused-ring (bicyclic) bond motifs is 7. The molecule has 4 aromatic carbocycles. The molecule has 0 unspecified atom stereocenters. The Hall–Kier alpha value is -3.52. The van der Waals surface area contributed by atoms with E-state index in [9.17, 15) is 0 Å². The summed E-state index contributed by atoms with van der Waals surface area (Å²) < 4.78 is 2.38. The fourth-order valence-corrected chi connectivity index (χ4v) is 4.22. The number of hydrogen-bond acceptors (Lipinski definition) is 0. The molecule has 0 saturated heterocycles. The van der Waals surface area contributed by atoms with E-state index in [4.69, 9.17) is 0 Å². The van der Waals surface area contributed by atoms with Gasteiger partial charge in [-0.3, -0.25) is 0 Å². The van der Waals surface area contributed by atoms with E-state index in [1.54, 1.807) is 0 Å². The van der Waals surface area contributed by atoms with Gasteiger partial charge in [-0.05, 0) is 35.0 Å². The number of para-hydroxylation sites is 2. The lowest BCUT2D eigenvalue weighted by Crippen LogP contribution is -1.93. The first kappa shape index (κ1) is 13.7. The van der Waals surface area contributed by atoms with Gasteiger partial charge in [-0.1, -0.05) is 66.7 Å². The van der Waals surface area contributed by atoms with Crippen molar-refractivity contribution in [1.82, 2.24) is 9.55 Å². The van der Waals surface area contributed by atoms with Gasteiger partial charge in [0, 0.05) is 23.4 Å². The minimum Gasteiger partial charge on any atom is -0.353 e. The molecule has 0 fully saturated rings. The summed E-state index contributed by atoms with van der Waals surface area (Å²) in [6, 6.07) is 32.3. The van der Waals surface area contributed by atoms with Crippen LogP contribution in [-0.2, 0) is 0 Å². The number of H-pyrrole nitrogens is 1. The summed E-state index contributed by atoms with van der Waals surface area (Å²) in [5.74, 6) is 0. The molecule has 0 atom stereocenters. The maximum atomic E-state index is 3.68. The van der Waals surface area contributed by atoms with Crippen LogP contribution in [0, 0.1) is 0 Å². The van der Waals surface area contributed by atoms with E-state index < -0.39 is 0 Å². The van der Waals surface area contributed by atoms with Crippen molar-refractivity contribution in [3.05, 3.63) is 91.0 Å². The van der Waals surface area contributed by atoms with Gasteiger partial charge >= 0.3 is 0 Å². The number of rotatable bonds is 1. The molecule has 0 bridgehead atoms. The Labute approximate surface area is 151 Å².